The number of ether oxygens (including phenoxy) is 1. The highest BCUT2D eigenvalue weighted by Crippen LogP contribution is 2.13. The fourth-order valence-corrected chi connectivity index (χ4v) is 1.66. The lowest BCUT2D eigenvalue weighted by Gasteiger charge is -2.35. The van der Waals surface area contributed by atoms with E-state index in [1.807, 2.05) is 0 Å². The number of carboxylic acid groups (broad SMARTS) is 1. The Labute approximate surface area is 90.2 Å². The van der Waals surface area contributed by atoms with Crippen LogP contribution >= 0.6 is 0 Å². The second-order valence-electron chi connectivity index (χ2n) is 3.94. The van der Waals surface area contributed by atoms with E-state index in [2.05, 4.69) is 6.92 Å². The van der Waals surface area contributed by atoms with E-state index in [0.29, 0.717) is 26.1 Å². The lowest BCUT2D eigenvalue weighted by atomic mass is 10.0. The quantitative estimate of drug-likeness (QED) is 0.684. The highest BCUT2D eigenvalue weighted by Gasteiger charge is 2.29. The molecule has 1 aliphatic heterocycles. The van der Waals surface area contributed by atoms with Gasteiger partial charge < -0.3 is 20.5 Å². The topological polar surface area (TPSA) is 75.8 Å². The molecule has 2 atom stereocenters. The summed E-state index contributed by atoms with van der Waals surface area (Å²) in [5.41, 5.74) is 5.88. The Bertz CT molecular complexity index is 211. The number of nitrogens with two attached hydrogens (primary N) is 1. The lowest BCUT2D eigenvalue weighted by molar-refractivity contribution is -0.00983. The molecule has 3 N–H and O–H groups in total. The molecular weight excluding hydrogens is 196 g/mol. The van der Waals surface area contributed by atoms with Crippen molar-refractivity contribution in [1.82, 2.24) is 4.90 Å². The third-order valence-corrected chi connectivity index (χ3v) is 2.71. The van der Waals surface area contributed by atoms with Crippen LogP contribution in [0, 0.1) is 0 Å². The average Bonchev–Trinajstić information content (AvgIpc) is 2.20. The molecule has 1 aliphatic rings. The van der Waals surface area contributed by atoms with Crippen LogP contribution in [0.4, 0.5) is 4.79 Å². The van der Waals surface area contributed by atoms with Crippen LogP contribution in [-0.4, -0.2) is 47.9 Å². The normalized spacial score (nSPS) is 26.7. The number of amides is 1. The number of piperidine rings is 1. The summed E-state index contributed by atoms with van der Waals surface area (Å²) in [7, 11) is 0. The van der Waals surface area contributed by atoms with Gasteiger partial charge in [-0.15, -0.1) is 0 Å². The first-order chi connectivity index (χ1) is 7.15. The van der Waals surface area contributed by atoms with Gasteiger partial charge in [0.1, 0.15) is 0 Å². The fourth-order valence-electron chi connectivity index (χ4n) is 1.66. The molecule has 5 heteroatoms. The first kappa shape index (κ1) is 12.3. The molecule has 0 saturated carbocycles. The van der Waals surface area contributed by atoms with Crippen LogP contribution in [0.25, 0.3) is 0 Å². The molecule has 15 heavy (non-hydrogen) atoms. The summed E-state index contributed by atoms with van der Waals surface area (Å²) in [6, 6.07) is -0.0301. The minimum atomic E-state index is -0.883. The van der Waals surface area contributed by atoms with Gasteiger partial charge in [-0.05, 0) is 12.8 Å². The maximum atomic E-state index is 10.8. The van der Waals surface area contributed by atoms with Gasteiger partial charge in [-0.2, -0.15) is 0 Å². The Morgan fingerprint density at radius 2 is 2.40 bits per heavy atom. The predicted octanol–water partition coefficient (Wildman–Crippen LogP) is 0.883. The molecule has 0 spiro atoms. The van der Waals surface area contributed by atoms with Gasteiger partial charge in [-0.25, -0.2) is 4.79 Å². The van der Waals surface area contributed by atoms with Gasteiger partial charge in [0.2, 0.25) is 0 Å². The number of carbonyl (C=O) groups is 1. The van der Waals surface area contributed by atoms with E-state index in [1.54, 1.807) is 0 Å². The molecule has 0 unspecified atom stereocenters. The molecule has 1 rings (SSSR count). The van der Waals surface area contributed by atoms with Crippen molar-refractivity contribution < 1.29 is 14.6 Å². The Hall–Kier alpha value is -0.810. The molecule has 1 saturated heterocycles. The molecule has 0 aromatic heterocycles. The maximum absolute atomic E-state index is 10.8. The van der Waals surface area contributed by atoms with Gasteiger partial charge in [0, 0.05) is 19.2 Å². The van der Waals surface area contributed by atoms with Crippen molar-refractivity contribution in [2.24, 2.45) is 5.73 Å². The van der Waals surface area contributed by atoms with Crippen LogP contribution in [0.5, 0.6) is 0 Å². The Balaban J connectivity index is 2.36. The van der Waals surface area contributed by atoms with E-state index in [4.69, 9.17) is 15.6 Å². The second-order valence-corrected chi connectivity index (χ2v) is 3.94. The molecule has 1 amide bonds. The predicted molar refractivity (Wildman–Crippen MR) is 56.8 cm³/mol. The monoisotopic (exact) mass is 216 g/mol. The van der Waals surface area contributed by atoms with E-state index in [9.17, 15) is 4.79 Å². The van der Waals surface area contributed by atoms with E-state index in [1.165, 1.54) is 4.90 Å². The highest BCUT2D eigenvalue weighted by molar-refractivity contribution is 5.65. The zero-order valence-corrected chi connectivity index (χ0v) is 9.19. The second kappa shape index (κ2) is 5.92. The van der Waals surface area contributed by atoms with Gasteiger partial charge in [-0.1, -0.05) is 13.3 Å². The minimum absolute atomic E-state index is 0.0301. The standard InChI is InChI=1S/C10H20N2O3/c1-2-3-6-15-9-7-12(10(13)14)5-4-8(9)11/h8-9H,2-7,11H2,1H3,(H,13,14)/t8-,9+/m1/s1. The Kier molecular flexibility index (Phi) is 4.84. The van der Waals surface area contributed by atoms with Crippen LogP contribution in [0.2, 0.25) is 0 Å². The SMILES string of the molecule is CCCCO[C@H]1CN(C(=O)O)CC[C@H]1N. The number of rotatable bonds is 4. The van der Waals surface area contributed by atoms with Crippen molar-refractivity contribution in [1.29, 1.82) is 0 Å². The van der Waals surface area contributed by atoms with Crippen LogP contribution in [0.1, 0.15) is 26.2 Å². The largest absolute Gasteiger partial charge is 0.465 e. The third-order valence-electron chi connectivity index (χ3n) is 2.71. The summed E-state index contributed by atoms with van der Waals surface area (Å²) >= 11 is 0. The molecular formula is C10H20N2O3. The van der Waals surface area contributed by atoms with Crippen molar-refractivity contribution in [3.05, 3.63) is 0 Å². The molecule has 0 aliphatic carbocycles. The Morgan fingerprint density at radius 1 is 1.67 bits per heavy atom. The summed E-state index contributed by atoms with van der Waals surface area (Å²) in [5, 5.41) is 8.84. The maximum Gasteiger partial charge on any atom is 0.407 e. The Morgan fingerprint density at radius 3 is 3.00 bits per heavy atom. The molecule has 0 bridgehead atoms. The average molecular weight is 216 g/mol. The minimum Gasteiger partial charge on any atom is -0.465 e. The van der Waals surface area contributed by atoms with Gasteiger partial charge >= 0.3 is 6.09 Å². The summed E-state index contributed by atoms with van der Waals surface area (Å²) < 4.78 is 5.59. The molecule has 5 nitrogen and oxygen atoms in total. The summed E-state index contributed by atoms with van der Waals surface area (Å²) in [5.74, 6) is 0. The first-order valence-corrected chi connectivity index (χ1v) is 5.50. The van der Waals surface area contributed by atoms with Crippen molar-refractivity contribution in [2.75, 3.05) is 19.7 Å². The first-order valence-electron chi connectivity index (χ1n) is 5.50. The molecule has 1 fully saturated rings. The van der Waals surface area contributed by atoms with Crippen LogP contribution < -0.4 is 5.73 Å². The molecule has 88 valence electrons. The number of hydrogen-bond donors (Lipinski definition) is 2. The van der Waals surface area contributed by atoms with Crippen LogP contribution in [0.15, 0.2) is 0 Å². The van der Waals surface area contributed by atoms with Gasteiger partial charge in [0.15, 0.2) is 0 Å². The molecule has 1 heterocycles. The summed E-state index contributed by atoms with van der Waals surface area (Å²) in [4.78, 5) is 12.1. The fraction of sp³-hybridized carbons (Fsp3) is 0.900. The van der Waals surface area contributed by atoms with Gasteiger partial charge in [0.25, 0.3) is 0 Å². The molecule has 0 aromatic carbocycles. The van der Waals surface area contributed by atoms with Gasteiger partial charge in [-0.3, -0.25) is 0 Å². The third kappa shape index (κ3) is 3.68. The van der Waals surface area contributed by atoms with Crippen LogP contribution in [0.3, 0.4) is 0 Å². The van der Waals surface area contributed by atoms with E-state index < -0.39 is 6.09 Å². The van der Waals surface area contributed by atoms with Crippen LogP contribution in [-0.2, 0) is 4.74 Å². The molecule has 0 aromatic rings. The van der Waals surface area contributed by atoms with Crippen molar-refractivity contribution in [3.8, 4) is 0 Å². The highest BCUT2D eigenvalue weighted by atomic mass is 16.5. The van der Waals surface area contributed by atoms with Crippen molar-refractivity contribution >= 4 is 6.09 Å². The van der Waals surface area contributed by atoms with E-state index in [-0.39, 0.29) is 12.1 Å². The van der Waals surface area contributed by atoms with Crippen molar-refractivity contribution in [3.63, 3.8) is 0 Å². The van der Waals surface area contributed by atoms with Gasteiger partial charge in [0.05, 0.1) is 12.6 Å². The van der Waals surface area contributed by atoms with E-state index >= 15 is 0 Å². The number of hydrogen-bond acceptors (Lipinski definition) is 3. The number of likely N-dealkylation sites (tertiary alicyclic amines) is 1. The van der Waals surface area contributed by atoms with Crippen molar-refractivity contribution in [2.45, 2.75) is 38.3 Å². The summed E-state index contributed by atoms with van der Waals surface area (Å²) in [6.45, 7) is 3.68. The number of unbranched alkanes of at least 4 members (excludes halogenated alkanes) is 1. The smallest absolute Gasteiger partial charge is 0.407 e. The zero-order valence-electron chi connectivity index (χ0n) is 9.19. The lowest BCUT2D eigenvalue weighted by Crippen LogP contribution is -2.53. The summed E-state index contributed by atoms with van der Waals surface area (Å²) in [6.07, 6.45) is 1.73. The number of nitrogens with zero attached hydrogens (tertiary/aromatic N) is 1. The van der Waals surface area contributed by atoms with E-state index in [0.717, 1.165) is 12.8 Å². The molecule has 0 radical (unpaired) electrons. The zero-order chi connectivity index (χ0) is 11.3.